The smallest absolute Gasteiger partial charge is 0.0390 e. The Bertz CT molecular complexity index is 1490. The number of rotatable bonds is 5. The minimum absolute atomic E-state index is 1.07. The Morgan fingerprint density at radius 2 is 0.706 bits per heavy atom. The predicted octanol–water partition coefficient (Wildman–Crippen LogP) is 9.15. The Hall–Kier alpha value is -4.56. The fourth-order valence-electron chi connectivity index (χ4n) is 4.42. The van der Waals surface area contributed by atoms with Gasteiger partial charge in [0.05, 0.1) is 0 Å². The number of hydrogen-bond acceptors (Lipinski definition) is 2. The van der Waals surface area contributed by atoms with Crippen molar-refractivity contribution >= 4 is 44.3 Å². The summed E-state index contributed by atoms with van der Waals surface area (Å²) in [5.74, 6) is 0. The molecule has 0 saturated heterocycles. The molecule has 162 valence electrons. The van der Waals surface area contributed by atoms with E-state index in [2.05, 4.69) is 144 Å². The van der Waals surface area contributed by atoms with Gasteiger partial charge in [0.15, 0.2) is 0 Å². The maximum atomic E-state index is 3.56. The molecule has 0 amide bonds. The molecule has 0 spiro atoms. The van der Waals surface area contributed by atoms with Crippen molar-refractivity contribution in [3.63, 3.8) is 0 Å². The van der Waals surface area contributed by atoms with Gasteiger partial charge in [0, 0.05) is 22.7 Å². The number of benzene rings is 6. The highest BCUT2D eigenvalue weighted by Crippen LogP contribution is 2.29. The van der Waals surface area contributed by atoms with Crippen LogP contribution in [0.25, 0.3) is 32.7 Å². The molecule has 0 fully saturated rings. The fraction of sp³-hybridized carbons (Fsp3) is 0. The summed E-state index contributed by atoms with van der Waals surface area (Å²) < 4.78 is 0. The van der Waals surface area contributed by atoms with Crippen LogP contribution in [0.2, 0.25) is 0 Å². The highest BCUT2D eigenvalue weighted by atomic mass is 14.9. The Kier molecular flexibility index (Phi) is 5.17. The van der Waals surface area contributed by atoms with Crippen LogP contribution in [0, 0.1) is 0 Å². The zero-order valence-electron chi connectivity index (χ0n) is 18.7. The van der Waals surface area contributed by atoms with Crippen LogP contribution in [0.3, 0.4) is 0 Å². The average molecular weight is 437 g/mol. The van der Waals surface area contributed by atoms with Gasteiger partial charge in [0.1, 0.15) is 0 Å². The predicted molar refractivity (Wildman–Crippen MR) is 146 cm³/mol. The molecule has 0 aliphatic carbocycles. The van der Waals surface area contributed by atoms with Crippen LogP contribution in [0.5, 0.6) is 0 Å². The van der Waals surface area contributed by atoms with Crippen molar-refractivity contribution < 1.29 is 0 Å². The summed E-state index contributed by atoms with van der Waals surface area (Å²) in [6.07, 6.45) is 0. The Balaban J connectivity index is 1.25. The first-order valence-corrected chi connectivity index (χ1v) is 11.5. The lowest BCUT2D eigenvalue weighted by atomic mass is 10.0. The fourth-order valence-corrected chi connectivity index (χ4v) is 4.42. The van der Waals surface area contributed by atoms with E-state index in [1.54, 1.807) is 0 Å². The molecule has 0 aliphatic heterocycles. The topological polar surface area (TPSA) is 24.1 Å². The first-order chi connectivity index (χ1) is 16.8. The molecule has 0 atom stereocenters. The lowest BCUT2D eigenvalue weighted by Gasteiger charge is -2.12. The van der Waals surface area contributed by atoms with Gasteiger partial charge in [-0.05, 0) is 81.2 Å². The number of hydrogen-bond donors (Lipinski definition) is 2. The van der Waals surface area contributed by atoms with Crippen LogP contribution in [0.15, 0.2) is 133 Å². The Labute approximate surface area is 199 Å². The molecule has 0 aromatic heterocycles. The maximum absolute atomic E-state index is 3.56. The molecule has 0 heterocycles. The van der Waals surface area contributed by atoms with Gasteiger partial charge < -0.3 is 10.6 Å². The second-order valence-electron chi connectivity index (χ2n) is 8.54. The van der Waals surface area contributed by atoms with Crippen molar-refractivity contribution in [1.29, 1.82) is 0 Å². The van der Waals surface area contributed by atoms with Crippen molar-refractivity contribution in [3.05, 3.63) is 133 Å². The molecule has 0 aliphatic rings. The van der Waals surface area contributed by atoms with Gasteiger partial charge >= 0.3 is 0 Å². The van der Waals surface area contributed by atoms with E-state index in [1.165, 1.54) is 32.7 Å². The Morgan fingerprint density at radius 1 is 0.294 bits per heavy atom. The van der Waals surface area contributed by atoms with Gasteiger partial charge in [-0.3, -0.25) is 0 Å². The zero-order chi connectivity index (χ0) is 22.7. The van der Waals surface area contributed by atoms with Crippen molar-refractivity contribution in [2.75, 3.05) is 10.6 Å². The third-order valence-electron chi connectivity index (χ3n) is 6.13. The van der Waals surface area contributed by atoms with Crippen LogP contribution in [-0.2, 0) is 0 Å². The number of anilines is 4. The number of nitrogens with one attached hydrogen (secondary N) is 2. The minimum atomic E-state index is 1.07. The molecular weight excluding hydrogens is 412 g/mol. The quantitative estimate of drug-likeness (QED) is 0.281. The molecule has 0 bridgehead atoms. The Morgan fingerprint density at radius 3 is 1.18 bits per heavy atom. The van der Waals surface area contributed by atoms with Gasteiger partial charge in [-0.15, -0.1) is 0 Å². The first kappa shape index (κ1) is 20.1. The molecule has 6 aromatic rings. The average Bonchev–Trinajstić information content (AvgIpc) is 2.89. The standard InChI is InChI=1S/C32H24N2/c1-3-9-25-19-31(17-15-23(25)7-1)33-29-13-5-11-27(21-29)28-12-6-14-30(22-28)34-32-18-16-24-8-2-4-10-26(24)20-32/h1-22,33-34H. The van der Waals surface area contributed by atoms with Gasteiger partial charge in [-0.2, -0.15) is 0 Å². The maximum Gasteiger partial charge on any atom is 0.0390 e. The van der Waals surface area contributed by atoms with Crippen molar-refractivity contribution in [2.24, 2.45) is 0 Å². The summed E-state index contributed by atoms with van der Waals surface area (Å²) in [6, 6.07) is 46.9. The van der Waals surface area contributed by atoms with Crippen LogP contribution in [0.4, 0.5) is 22.7 Å². The zero-order valence-corrected chi connectivity index (χ0v) is 18.7. The van der Waals surface area contributed by atoms with E-state index < -0.39 is 0 Å². The van der Waals surface area contributed by atoms with Crippen molar-refractivity contribution in [1.82, 2.24) is 0 Å². The van der Waals surface area contributed by atoms with Crippen molar-refractivity contribution in [2.45, 2.75) is 0 Å². The molecule has 0 unspecified atom stereocenters. The summed E-state index contributed by atoms with van der Waals surface area (Å²) in [4.78, 5) is 0. The van der Waals surface area contributed by atoms with Gasteiger partial charge in [-0.1, -0.05) is 84.9 Å². The molecule has 2 N–H and O–H groups in total. The summed E-state index contributed by atoms with van der Waals surface area (Å²) in [5.41, 5.74) is 6.66. The summed E-state index contributed by atoms with van der Waals surface area (Å²) >= 11 is 0. The molecule has 2 heteroatoms. The first-order valence-electron chi connectivity index (χ1n) is 11.5. The van der Waals surface area contributed by atoms with Crippen LogP contribution in [-0.4, -0.2) is 0 Å². The van der Waals surface area contributed by atoms with Crippen LogP contribution in [0.1, 0.15) is 0 Å². The minimum Gasteiger partial charge on any atom is -0.355 e. The van der Waals surface area contributed by atoms with Crippen molar-refractivity contribution in [3.8, 4) is 11.1 Å². The van der Waals surface area contributed by atoms with E-state index in [4.69, 9.17) is 0 Å². The highest BCUT2D eigenvalue weighted by Gasteiger charge is 2.04. The molecule has 2 nitrogen and oxygen atoms in total. The van der Waals surface area contributed by atoms with Gasteiger partial charge in [0.2, 0.25) is 0 Å². The molecular formula is C32H24N2. The SMILES string of the molecule is c1cc(Nc2ccc3ccccc3c2)cc(-c2cccc(Nc3ccc4ccccc4c3)c2)c1. The summed E-state index contributed by atoms with van der Waals surface area (Å²) in [7, 11) is 0. The van der Waals surface area contributed by atoms with Gasteiger partial charge in [0.25, 0.3) is 0 Å². The van der Waals surface area contributed by atoms with E-state index in [0.717, 1.165) is 22.7 Å². The van der Waals surface area contributed by atoms with E-state index in [0.29, 0.717) is 0 Å². The normalized spacial score (nSPS) is 10.9. The number of fused-ring (bicyclic) bond motifs is 2. The summed E-state index contributed by atoms with van der Waals surface area (Å²) in [6.45, 7) is 0. The second kappa shape index (κ2) is 8.76. The molecule has 0 saturated carbocycles. The van der Waals surface area contributed by atoms with E-state index in [9.17, 15) is 0 Å². The monoisotopic (exact) mass is 436 g/mol. The second-order valence-corrected chi connectivity index (χ2v) is 8.54. The molecule has 0 radical (unpaired) electrons. The third kappa shape index (κ3) is 4.22. The highest BCUT2D eigenvalue weighted by molar-refractivity contribution is 5.88. The van der Waals surface area contributed by atoms with E-state index in [1.807, 2.05) is 0 Å². The third-order valence-corrected chi connectivity index (χ3v) is 6.13. The van der Waals surface area contributed by atoms with E-state index in [-0.39, 0.29) is 0 Å². The lowest BCUT2D eigenvalue weighted by Crippen LogP contribution is -1.92. The van der Waals surface area contributed by atoms with Gasteiger partial charge in [-0.25, -0.2) is 0 Å². The van der Waals surface area contributed by atoms with Crippen LogP contribution >= 0.6 is 0 Å². The molecule has 34 heavy (non-hydrogen) atoms. The van der Waals surface area contributed by atoms with Crippen LogP contribution < -0.4 is 10.6 Å². The lowest BCUT2D eigenvalue weighted by molar-refractivity contribution is 1.53. The van der Waals surface area contributed by atoms with E-state index >= 15 is 0 Å². The largest absolute Gasteiger partial charge is 0.355 e. The summed E-state index contributed by atoms with van der Waals surface area (Å²) in [5, 5.41) is 12.1. The molecule has 6 rings (SSSR count). The molecule has 6 aromatic carbocycles.